The van der Waals surface area contributed by atoms with Crippen LogP contribution in [0, 0.1) is 5.92 Å². The topological polar surface area (TPSA) is 80.7 Å². The monoisotopic (exact) mass is 356 g/mol. The fourth-order valence-electron chi connectivity index (χ4n) is 4.57. The van der Waals surface area contributed by atoms with Crippen LogP contribution in [0.4, 0.5) is 0 Å². The molecule has 1 heterocycles. The SMILES string of the molecule is CC.CC12CCC3=C(COC3=O)C1CC(=O)c1c2ccc(CC=O)c1O. The quantitative estimate of drug-likeness (QED) is 0.650. The van der Waals surface area contributed by atoms with Crippen molar-refractivity contribution < 1.29 is 24.2 Å². The van der Waals surface area contributed by atoms with Crippen molar-refractivity contribution in [3.8, 4) is 5.75 Å². The molecule has 1 aromatic carbocycles. The van der Waals surface area contributed by atoms with E-state index >= 15 is 0 Å². The van der Waals surface area contributed by atoms with E-state index < -0.39 is 0 Å². The molecule has 0 spiro atoms. The van der Waals surface area contributed by atoms with Crippen LogP contribution in [0.1, 0.15) is 61.5 Å². The number of aromatic hydroxyl groups is 1. The maximum Gasteiger partial charge on any atom is 0.334 e. The number of cyclic esters (lactones) is 1. The number of phenols is 1. The van der Waals surface area contributed by atoms with Gasteiger partial charge in [-0.15, -0.1) is 0 Å². The summed E-state index contributed by atoms with van der Waals surface area (Å²) in [4.78, 5) is 35.4. The Kier molecular flexibility index (Phi) is 4.74. The fraction of sp³-hybridized carbons (Fsp3) is 0.476. The first-order chi connectivity index (χ1) is 12.5. The van der Waals surface area contributed by atoms with Gasteiger partial charge in [0, 0.05) is 35.3 Å². The molecule has 0 amide bonds. The minimum Gasteiger partial charge on any atom is -0.507 e. The van der Waals surface area contributed by atoms with E-state index in [0.717, 1.165) is 29.4 Å². The summed E-state index contributed by atoms with van der Waals surface area (Å²) in [6.45, 7) is 6.36. The third-order valence-corrected chi connectivity index (χ3v) is 5.93. The molecular formula is C21H24O5. The first-order valence-corrected chi connectivity index (χ1v) is 9.18. The first kappa shape index (κ1) is 18.4. The number of Topliss-reactive ketones (excluding diaryl/α,β-unsaturated/α-hetero) is 1. The molecule has 5 nitrogen and oxygen atoms in total. The van der Waals surface area contributed by atoms with Crippen molar-refractivity contribution in [1.29, 1.82) is 0 Å². The summed E-state index contributed by atoms with van der Waals surface area (Å²) in [5.74, 6) is -0.521. The minimum absolute atomic E-state index is 0.0657. The van der Waals surface area contributed by atoms with Crippen LogP contribution < -0.4 is 0 Å². The summed E-state index contributed by atoms with van der Waals surface area (Å²) < 4.78 is 5.18. The molecule has 2 aliphatic carbocycles. The average Bonchev–Trinajstić information content (AvgIpc) is 3.01. The molecule has 0 saturated carbocycles. The molecule has 5 heteroatoms. The zero-order chi connectivity index (χ0) is 19.1. The second kappa shape index (κ2) is 6.71. The second-order valence-electron chi connectivity index (χ2n) is 7.04. The van der Waals surface area contributed by atoms with Crippen molar-refractivity contribution in [1.82, 2.24) is 0 Å². The average molecular weight is 356 g/mol. The number of ketones is 1. The van der Waals surface area contributed by atoms with Gasteiger partial charge in [0.2, 0.25) is 0 Å². The standard InChI is InChI=1S/C19H18O5.C2H6/c1-19-6-4-11-12(9-24-18(11)23)14(19)8-15(21)16-13(19)3-2-10(5-7-20)17(16)22;1-2/h2-3,7,14,22H,4-6,8-9H2,1H3;1-2H3. The number of esters is 1. The Morgan fingerprint density at radius 1 is 1.31 bits per heavy atom. The van der Waals surface area contributed by atoms with Gasteiger partial charge in [-0.05, 0) is 24.0 Å². The van der Waals surface area contributed by atoms with Crippen molar-refractivity contribution in [3.63, 3.8) is 0 Å². The Labute approximate surface area is 153 Å². The number of aldehydes is 1. The Morgan fingerprint density at radius 3 is 2.73 bits per heavy atom. The molecule has 3 aliphatic rings. The number of phenolic OH excluding ortho intramolecular Hbond substituents is 1. The summed E-state index contributed by atoms with van der Waals surface area (Å²) in [5, 5.41) is 10.5. The summed E-state index contributed by atoms with van der Waals surface area (Å²) in [7, 11) is 0. The summed E-state index contributed by atoms with van der Waals surface area (Å²) >= 11 is 0. The zero-order valence-electron chi connectivity index (χ0n) is 15.4. The predicted octanol–water partition coefficient (Wildman–Crippen LogP) is 3.27. The number of hydrogen-bond donors (Lipinski definition) is 1. The van der Waals surface area contributed by atoms with E-state index in [-0.39, 0.29) is 48.3 Å². The van der Waals surface area contributed by atoms with E-state index in [0.29, 0.717) is 17.5 Å². The molecule has 26 heavy (non-hydrogen) atoms. The van der Waals surface area contributed by atoms with Gasteiger partial charge in [-0.25, -0.2) is 4.79 Å². The highest BCUT2D eigenvalue weighted by atomic mass is 16.5. The first-order valence-electron chi connectivity index (χ1n) is 9.18. The number of benzene rings is 1. The van der Waals surface area contributed by atoms with E-state index in [9.17, 15) is 19.5 Å². The number of hydrogen-bond acceptors (Lipinski definition) is 5. The van der Waals surface area contributed by atoms with E-state index in [1.165, 1.54) is 0 Å². The van der Waals surface area contributed by atoms with E-state index in [4.69, 9.17) is 4.74 Å². The van der Waals surface area contributed by atoms with Gasteiger partial charge in [-0.2, -0.15) is 0 Å². The zero-order valence-corrected chi connectivity index (χ0v) is 15.4. The molecule has 0 bridgehead atoms. The molecule has 2 atom stereocenters. The van der Waals surface area contributed by atoms with Gasteiger partial charge >= 0.3 is 5.97 Å². The highest BCUT2D eigenvalue weighted by Crippen LogP contribution is 2.54. The van der Waals surface area contributed by atoms with Gasteiger partial charge in [0.1, 0.15) is 18.6 Å². The van der Waals surface area contributed by atoms with Crippen LogP contribution in [-0.4, -0.2) is 29.8 Å². The highest BCUT2D eigenvalue weighted by molar-refractivity contribution is 6.03. The van der Waals surface area contributed by atoms with Gasteiger partial charge in [0.15, 0.2) is 5.78 Å². The second-order valence-corrected chi connectivity index (χ2v) is 7.04. The number of rotatable bonds is 2. The van der Waals surface area contributed by atoms with Crippen molar-refractivity contribution in [2.75, 3.05) is 6.61 Å². The lowest BCUT2D eigenvalue weighted by atomic mass is 9.56. The lowest BCUT2D eigenvalue weighted by molar-refractivity contribution is -0.136. The predicted molar refractivity (Wildman–Crippen MR) is 96.2 cm³/mol. The summed E-state index contributed by atoms with van der Waals surface area (Å²) in [6.07, 6.45) is 2.43. The van der Waals surface area contributed by atoms with E-state index in [2.05, 4.69) is 6.92 Å². The lowest BCUT2D eigenvalue weighted by Crippen LogP contribution is -2.43. The van der Waals surface area contributed by atoms with Crippen LogP contribution in [0.25, 0.3) is 0 Å². The molecule has 138 valence electrons. The Bertz CT molecular complexity index is 820. The Morgan fingerprint density at radius 2 is 2.04 bits per heavy atom. The maximum atomic E-state index is 12.7. The molecule has 0 saturated heterocycles. The maximum absolute atomic E-state index is 12.7. The number of carbonyl (C=O) groups excluding carboxylic acids is 3. The normalized spacial score (nSPS) is 26.2. The van der Waals surface area contributed by atoms with E-state index in [1.807, 2.05) is 19.9 Å². The molecule has 1 aliphatic heterocycles. The van der Waals surface area contributed by atoms with Crippen molar-refractivity contribution in [2.45, 2.75) is 51.9 Å². The molecule has 0 radical (unpaired) electrons. The molecule has 4 rings (SSSR count). The smallest absolute Gasteiger partial charge is 0.334 e. The molecule has 0 aromatic heterocycles. The Hall–Kier alpha value is -2.43. The van der Waals surface area contributed by atoms with Crippen molar-refractivity contribution in [3.05, 3.63) is 40.0 Å². The summed E-state index contributed by atoms with van der Waals surface area (Å²) in [5.41, 5.74) is 3.02. The third-order valence-electron chi connectivity index (χ3n) is 5.93. The minimum atomic E-state index is -0.312. The Balaban J connectivity index is 0.000000948. The van der Waals surface area contributed by atoms with Crippen LogP contribution in [0.15, 0.2) is 23.3 Å². The molecule has 1 aromatic rings. The van der Waals surface area contributed by atoms with Gasteiger partial charge in [-0.3, -0.25) is 4.79 Å². The van der Waals surface area contributed by atoms with E-state index in [1.54, 1.807) is 6.07 Å². The van der Waals surface area contributed by atoms with Gasteiger partial charge in [0.05, 0.1) is 5.56 Å². The van der Waals surface area contributed by atoms with Crippen LogP contribution in [-0.2, 0) is 26.2 Å². The van der Waals surface area contributed by atoms with Gasteiger partial charge in [-0.1, -0.05) is 32.9 Å². The number of fused-ring (bicyclic) bond motifs is 4. The van der Waals surface area contributed by atoms with Crippen molar-refractivity contribution >= 4 is 18.0 Å². The largest absolute Gasteiger partial charge is 0.507 e. The van der Waals surface area contributed by atoms with Crippen LogP contribution in [0.5, 0.6) is 5.75 Å². The molecule has 2 unspecified atom stereocenters. The summed E-state index contributed by atoms with van der Waals surface area (Å²) in [6, 6.07) is 3.59. The van der Waals surface area contributed by atoms with Gasteiger partial charge < -0.3 is 14.6 Å². The number of ether oxygens (including phenoxy) is 1. The van der Waals surface area contributed by atoms with Crippen molar-refractivity contribution in [2.24, 2.45) is 5.92 Å². The number of carbonyl (C=O) groups is 3. The third kappa shape index (κ3) is 2.49. The van der Waals surface area contributed by atoms with Crippen LogP contribution in [0.3, 0.4) is 0 Å². The fourth-order valence-corrected chi connectivity index (χ4v) is 4.57. The molecular weight excluding hydrogens is 332 g/mol. The lowest BCUT2D eigenvalue weighted by Gasteiger charge is -2.46. The molecule has 1 N–H and O–H groups in total. The van der Waals surface area contributed by atoms with Gasteiger partial charge in [0.25, 0.3) is 0 Å². The van der Waals surface area contributed by atoms with Crippen LogP contribution in [0.2, 0.25) is 0 Å². The molecule has 0 fully saturated rings. The highest BCUT2D eigenvalue weighted by Gasteiger charge is 2.51. The van der Waals surface area contributed by atoms with Crippen LogP contribution >= 0.6 is 0 Å².